The minimum Gasteiger partial charge on any atom is -0.496 e. The predicted molar refractivity (Wildman–Crippen MR) is 297 cm³/mol. The van der Waals surface area contributed by atoms with Crippen LogP contribution in [0.1, 0.15) is 109 Å². The molecule has 0 saturated heterocycles. The van der Waals surface area contributed by atoms with Crippen molar-refractivity contribution in [3.63, 3.8) is 0 Å². The summed E-state index contributed by atoms with van der Waals surface area (Å²) in [7, 11) is -5.11. The molecular formula is C53H89NO15P2Si2. The molecule has 0 aliphatic carbocycles. The fraction of sp³-hybridized carbons (Fsp3) is 0.642. The van der Waals surface area contributed by atoms with Crippen LogP contribution in [-0.4, -0.2) is 114 Å². The zero-order valence-electron chi connectivity index (χ0n) is 47.3. The number of rotatable bonds is 30. The van der Waals surface area contributed by atoms with Crippen molar-refractivity contribution in [2.75, 3.05) is 79.3 Å². The first-order valence-corrected chi connectivity index (χ1v) is 36.5. The van der Waals surface area contributed by atoms with Crippen molar-refractivity contribution in [1.29, 1.82) is 0 Å². The number of hydrogen-bond acceptors (Lipinski definition) is 16. The number of methoxy groups -OCH3 is 2. The lowest BCUT2D eigenvalue weighted by Crippen LogP contribution is -2.23. The van der Waals surface area contributed by atoms with Crippen LogP contribution in [0.5, 0.6) is 23.0 Å². The number of benzene rings is 2. The summed E-state index contributed by atoms with van der Waals surface area (Å²) in [6.45, 7) is 35.0. The third-order valence-corrected chi connectivity index (χ3v) is 19.5. The molecule has 4 rings (SSSR count). The van der Waals surface area contributed by atoms with E-state index in [0.29, 0.717) is 112 Å². The maximum atomic E-state index is 12.6. The van der Waals surface area contributed by atoms with Crippen LogP contribution < -0.4 is 24.3 Å². The van der Waals surface area contributed by atoms with Crippen molar-refractivity contribution in [1.82, 2.24) is 5.32 Å². The highest BCUT2D eigenvalue weighted by Gasteiger charge is 2.35. The first-order chi connectivity index (χ1) is 34.3. The van der Waals surface area contributed by atoms with Gasteiger partial charge in [0, 0.05) is 57.7 Å². The number of carbonyl (C=O) groups excluding carboxylic acids is 3. The van der Waals surface area contributed by atoms with Gasteiger partial charge in [-0.2, -0.15) is 0 Å². The zero-order chi connectivity index (χ0) is 55.2. The molecule has 2 heterocycles. The van der Waals surface area contributed by atoms with Gasteiger partial charge in [-0.15, -0.1) is 0 Å². The molecule has 2 aromatic carbocycles. The summed E-state index contributed by atoms with van der Waals surface area (Å²) < 4.78 is 79.4. The van der Waals surface area contributed by atoms with E-state index in [2.05, 4.69) is 50.7 Å². The summed E-state index contributed by atoms with van der Waals surface area (Å²) in [5, 5.41) is 3.32. The second-order valence-corrected chi connectivity index (χ2v) is 35.8. The molecule has 20 heteroatoms. The maximum absolute atomic E-state index is 12.6. The SMILES string of the molecule is CCCP(=O)(OCC)OCC.CCOP(=O)(CCNC/C(C)=C/Cc1c(OC)c(C)c2c(c1OCC[Si](C)(C)C)C(=O)OC2)OCC.COc1c(C)c2c(c(OCC[Si](C)(C)C)c1C/C=C(\C)C=O)C(=O)OC2. The standard InChI is InChI=1S/C26H44NO7PSi.C20H28O5Si.C7H17O3P/c1-9-33-35(29,34-10-2)15-13-27-17-19(3)11-12-21-24(30-5)20(4)22-18-32-26(28)23(22)25(21)31-14-16-36(6,7)8;1-13(11-21)7-8-15-18(23-3)14(2)16-12-25-20(22)17(16)19(15)24-9-10-26(4,5)6;1-4-7-11(8,9-5-2)10-6-3/h11,27H,9-10,12-18H2,1-8H3;7,11H,8-10,12H2,1-6H3;4-7H2,1-3H3/b19-11+;13-7+;. The Hall–Kier alpha value is -3.58. The van der Waals surface area contributed by atoms with E-state index >= 15 is 0 Å². The van der Waals surface area contributed by atoms with Crippen molar-refractivity contribution in [2.45, 2.75) is 146 Å². The third-order valence-electron chi connectivity index (χ3n) is 11.7. The largest absolute Gasteiger partial charge is 0.496 e. The molecule has 0 radical (unpaired) electrons. The van der Waals surface area contributed by atoms with E-state index in [0.717, 1.165) is 69.5 Å². The molecule has 0 bridgehead atoms. The number of hydrogen-bond donors (Lipinski definition) is 1. The molecule has 2 aliphatic rings. The van der Waals surface area contributed by atoms with Crippen molar-refractivity contribution in [3.8, 4) is 23.0 Å². The van der Waals surface area contributed by atoms with Gasteiger partial charge in [-0.3, -0.25) is 13.9 Å². The van der Waals surface area contributed by atoms with Crippen molar-refractivity contribution in [3.05, 3.63) is 67.8 Å². The minimum absolute atomic E-state index is 0.240. The molecule has 0 amide bonds. The van der Waals surface area contributed by atoms with Crippen LogP contribution in [0.4, 0.5) is 0 Å². The Balaban J connectivity index is 0.000000428. The number of ether oxygens (including phenoxy) is 6. The molecule has 0 aromatic heterocycles. The number of esters is 2. The van der Waals surface area contributed by atoms with E-state index in [1.165, 1.54) is 0 Å². The van der Waals surface area contributed by atoms with E-state index in [1.54, 1.807) is 21.1 Å². The highest BCUT2D eigenvalue weighted by Crippen LogP contribution is 2.49. The summed E-state index contributed by atoms with van der Waals surface area (Å²) >= 11 is 0. The molecule has 16 nitrogen and oxygen atoms in total. The molecule has 73 heavy (non-hydrogen) atoms. The molecule has 2 aromatic rings. The van der Waals surface area contributed by atoms with Gasteiger partial charge < -0.3 is 51.8 Å². The van der Waals surface area contributed by atoms with Crippen molar-refractivity contribution < 1.29 is 70.0 Å². The molecule has 0 fully saturated rings. The van der Waals surface area contributed by atoms with E-state index in [1.807, 2.05) is 61.5 Å². The smallest absolute Gasteiger partial charge is 0.342 e. The van der Waals surface area contributed by atoms with Gasteiger partial charge >= 0.3 is 27.1 Å². The van der Waals surface area contributed by atoms with Gasteiger partial charge in [-0.25, -0.2) is 9.59 Å². The fourth-order valence-electron chi connectivity index (χ4n) is 7.81. The number of aldehydes is 1. The maximum Gasteiger partial charge on any atom is 0.342 e. The molecule has 0 atom stereocenters. The lowest BCUT2D eigenvalue weighted by molar-refractivity contribution is -0.104. The highest BCUT2D eigenvalue weighted by molar-refractivity contribution is 7.54. The van der Waals surface area contributed by atoms with Crippen LogP contribution in [-0.2, 0) is 67.5 Å². The molecule has 0 saturated carbocycles. The molecule has 414 valence electrons. The van der Waals surface area contributed by atoms with E-state index in [4.69, 9.17) is 46.5 Å². The average molecular weight is 1100 g/mol. The van der Waals surface area contributed by atoms with E-state index < -0.39 is 31.3 Å². The highest BCUT2D eigenvalue weighted by atomic mass is 31.2. The first kappa shape index (κ1) is 65.5. The summed E-state index contributed by atoms with van der Waals surface area (Å²) in [5.41, 5.74) is 7.90. The third kappa shape index (κ3) is 20.8. The van der Waals surface area contributed by atoms with Gasteiger partial charge in [0.05, 0.1) is 60.0 Å². The van der Waals surface area contributed by atoms with E-state index in [-0.39, 0.29) is 25.2 Å². The van der Waals surface area contributed by atoms with Crippen LogP contribution >= 0.6 is 15.2 Å². The van der Waals surface area contributed by atoms with Gasteiger partial charge in [0.25, 0.3) is 0 Å². The lowest BCUT2D eigenvalue weighted by atomic mass is 9.95. The Morgan fingerprint density at radius 1 is 0.630 bits per heavy atom. The molecule has 2 aliphatic heterocycles. The van der Waals surface area contributed by atoms with Gasteiger partial charge in [0.1, 0.15) is 53.6 Å². The van der Waals surface area contributed by atoms with Gasteiger partial charge in [-0.1, -0.05) is 63.9 Å². The average Bonchev–Trinajstić information content (AvgIpc) is 3.90. The summed E-state index contributed by atoms with van der Waals surface area (Å²) in [4.78, 5) is 35.9. The second-order valence-electron chi connectivity index (χ2n) is 20.2. The Morgan fingerprint density at radius 3 is 1.38 bits per heavy atom. The summed E-state index contributed by atoms with van der Waals surface area (Å²) in [5.74, 6) is 1.86. The Morgan fingerprint density at radius 2 is 1.03 bits per heavy atom. The van der Waals surface area contributed by atoms with Crippen LogP contribution in [0.25, 0.3) is 0 Å². The van der Waals surface area contributed by atoms with Crippen LogP contribution in [0.2, 0.25) is 51.4 Å². The number of carbonyl (C=O) groups is 3. The minimum atomic E-state index is -3.06. The molecular weight excluding hydrogens is 1010 g/mol. The van der Waals surface area contributed by atoms with Crippen molar-refractivity contribution >= 4 is 49.6 Å². The zero-order valence-corrected chi connectivity index (χ0v) is 51.1. The fourth-order valence-corrected chi connectivity index (χ4v) is 12.5. The van der Waals surface area contributed by atoms with Crippen LogP contribution in [0, 0.1) is 13.8 Å². The number of nitrogens with one attached hydrogen (secondary N) is 1. The number of fused-ring (bicyclic) bond motifs is 2. The normalized spacial score (nSPS) is 13.8. The number of allylic oxidation sites excluding steroid dienone is 3. The second kappa shape index (κ2) is 31.5. The summed E-state index contributed by atoms with van der Waals surface area (Å²) in [6, 6.07) is 1.97. The predicted octanol–water partition coefficient (Wildman–Crippen LogP) is 12.5. The Kier molecular flexibility index (Phi) is 28.2. The Bertz CT molecular complexity index is 2270. The number of cyclic esters (lactones) is 2. The Labute approximate surface area is 439 Å². The topological polar surface area (TPSA) is 190 Å². The van der Waals surface area contributed by atoms with Crippen LogP contribution in [0.3, 0.4) is 0 Å². The first-order valence-electron chi connectivity index (χ1n) is 25.6. The van der Waals surface area contributed by atoms with E-state index in [9.17, 15) is 23.5 Å². The quantitative estimate of drug-likeness (QED) is 0.0148. The van der Waals surface area contributed by atoms with Gasteiger partial charge in [-0.05, 0) is 103 Å². The van der Waals surface area contributed by atoms with Gasteiger partial charge in [0.2, 0.25) is 0 Å². The molecule has 1 N–H and O–H groups in total. The lowest BCUT2D eigenvalue weighted by Gasteiger charge is -2.21. The van der Waals surface area contributed by atoms with Crippen LogP contribution in [0.15, 0.2) is 23.3 Å². The van der Waals surface area contributed by atoms with Crippen molar-refractivity contribution in [2.24, 2.45) is 0 Å². The summed E-state index contributed by atoms with van der Waals surface area (Å²) in [6.07, 6.45) is 7.42. The molecule has 0 spiro atoms. The monoisotopic (exact) mass is 1100 g/mol. The molecule has 0 unspecified atom stereocenters. The van der Waals surface area contributed by atoms with Gasteiger partial charge in [0.15, 0.2) is 0 Å².